The quantitative estimate of drug-likeness (QED) is 0.784. The van der Waals surface area contributed by atoms with E-state index in [4.69, 9.17) is 0 Å². The van der Waals surface area contributed by atoms with Gasteiger partial charge in [-0.25, -0.2) is 0 Å². The minimum Gasteiger partial charge on any atom is -0.354 e. The topological polar surface area (TPSA) is 66.5 Å². The summed E-state index contributed by atoms with van der Waals surface area (Å²) in [5, 5.41) is 6.28. The molecule has 8 heteroatoms. The maximum atomic E-state index is 12.3. The molecule has 0 saturated carbocycles. The van der Waals surface area contributed by atoms with Crippen molar-refractivity contribution in [1.29, 1.82) is 0 Å². The second-order valence-corrected chi connectivity index (χ2v) is 7.96. The van der Waals surface area contributed by atoms with Gasteiger partial charge in [-0.1, -0.05) is 12.1 Å². The Hall–Kier alpha value is -1.90. The van der Waals surface area contributed by atoms with Crippen LogP contribution in [0.4, 0.5) is 4.79 Å². The SMILES string of the molecule is O=C(Cc1cccs1)NCCN1C(=O)S/C(=C\c2cccs2)C1=O. The number of carbonyl (C=O) groups is 3. The van der Waals surface area contributed by atoms with Crippen LogP contribution in [0.3, 0.4) is 0 Å². The average molecular weight is 379 g/mol. The van der Waals surface area contributed by atoms with E-state index in [1.165, 1.54) is 27.6 Å². The van der Waals surface area contributed by atoms with Crippen LogP contribution in [0.25, 0.3) is 6.08 Å². The minimum atomic E-state index is -0.300. The molecule has 0 radical (unpaired) electrons. The van der Waals surface area contributed by atoms with Crippen LogP contribution in [0.5, 0.6) is 0 Å². The third kappa shape index (κ3) is 4.14. The Morgan fingerprint density at radius 3 is 2.67 bits per heavy atom. The summed E-state index contributed by atoms with van der Waals surface area (Å²) in [6.45, 7) is 0.442. The number of hydrogen-bond acceptors (Lipinski definition) is 6. The number of nitrogens with one attached hydrogen (secondary N) is 1. The summed E-state index contributed by atoms with van der Waals surface area (Å²) >= 11 is 3.97. The monoisotopic (exact) mass is 378 g/mol. The fourth-order valence-corrected chi connectivity index (χ4v) is 4.43. The van der Waals surface area contributed by atoms with Crippen LogP contribution in [0.2, 0.25) is 0 Å². The van der Waals surface area contributed by atoms with Gasteiger partial charge in [0.15, 0.2) is 0 Å². The fraction of sp³-hybridized carbons (Fsp3) is 0.188. The van der Waals surface area contributed by atoms with E-state index in [0.29, 0.717) is 11.3 Å². The predicted octanol–water partition coefficient (Wildman–Crippen LogP) is 3.20. The third-order valence-corrected chi connectivity index (χ3v) is 5.87. The lowest BCUT2D eigenvalue weighted by molar-refractivity contribution is -0.124. The maximum Gasteiger partial charge on any atom is 0.293 e. The molecular weight excluding hydrogens is 364 g/mol. The Morgan fingerprint density at radius 2 is 1.96 bits per heavy atom. The van der Waals surface area contributed by atoms with Crippen molar-refractivity contribution < 1.29 is 14.4 Å². The summed E-state index contributed by atoms with van der Waals surface area (Å²) in [6, 6.07) is 7.58. The van der Waals surface area contributed by atoms with Crippen LogP contribution < -0.4 is 5.32 Å². The molecular formula is C16H14N2O3S3. The molecule has 0 aromatic carbocycles. The van der Waals surface area contributed by atoms with E-state index in [9.17, 15) is 14.4 Å². The van der Waals surface area contributed by atoms with Gasteiger partial charge in [0.2, 0.25) is 5.91 Å². The summed E-state index contributed by atoms with van der Waals surface area (Å²) in [6.07, 6.45) is 2.04. The smallest absolute Gasteiger partial charge is 0.293 e. The molecule has 3 rings (SSSR count). The number of thioether (sulfide) groups is 1. The van der Waals surface area contributed by atoms with Gasteiger partial charge in [-0.3, -0.25) is 19.3 Å². The van der Waals surface area contributed by atoms with Crippen LogP contribution in [0.1, 0.15) is 9.75 Å². The number of thiophene rings is 2. The van der Waals surface area contributed by atoms with Crippen molar-refractivity contribution in [3.05, 3.63) is 49.7 Å². The summed E-state index contributed by atoms with van der Waals surface area (Å²) in [7, 11) is 0. The number of nitrogens with zero attached hydrogens (tertiary/aromatic N) is 1. The minimum absolute atomic E-state index is 0.112. The van der Waals surface area contributed by atoms with Crippen LogP contribution in [-0.2, 0) is 16.0 Å². The Labute approximate surface area is 151 Å². The molecule has 2 aromatic heterocycles. The normalized spacial score (nSPS) is 16.2. The lowest BCUT2D eigenvalue weighted by atomic mass is 10.3. The van der Waals surface area contributed by atoms with E-state index >= 15 is 0 Å². The number of carbonyl (C=O) groups excluding carboxylic acids is 3. The third-order valence-electron chi connectivity index (χ3n) is 3.26. The lowest BCUT2D eigenvalue weighted by Gasteiger charge is -2.12. The zero-order valence-corrected chi connectivity index (χ0v) is 15.0. The Bertz CT molecular complexity index is 767. The fourth-order valence-electron chi connectivity index (χ4n) is 2.14. The molecule has 1 N–H and O–H groups in total. The zero-order valence-electron chi connectivity index (χ0n) is 12.6. The number of rotatable bonds is 6. The standard InChI is InChI=1S/C16H14N2O3S3/c19-14(10-12-4-2-8-23-12)17-5-6-18-15(20)13(24-16(18)21)9-11-3-1-7-22-11/h1-4,7-9H,5-6,10H2,(H,17,19)/b13-9-. The number of hydrogen-bond donors (Lipinski definition) is 1. The van der Waals surface area contributed by atoms with Crippen molar-refractivity contribution >= 4 is 57.6 Å². The molecule has 0 unspecified atom stereocenters. The highest BCUT2D eigenvalue weighted by molar-refractivity contribution is 8.18. The molecule has 0 aliphatic carbocycles. The Morgan fingerprint density at radius 1 is 1.17 bits per heavy atom. The lowest BCUT2D eigenvalue weighted by Crippen LogP contribution is -2.37. The van der Waals surface area contributed by atoms with Gasteiger partial charge in [-0.15, -0.1) is 22.7 Å². The van der Waals surface area contributed by atoms with Gasteiger partial charge in [0.05, 0.1) is 11.3 Å². The van der Waals surface area contributed by atoms with E-state index in [2.05, 4.69) is 5.32 Å². The summed E-state index contributed by atoms with van der Waals surface area (Å²) in [5.41, 5.74) is 0. The molecule has 5 nitrogen and oxygen atoms in total. The van der Waals surface area contributed by atoms with Crippen molar-refractivity contribution in [3.63, 3.8) is 0 Å². The second-order valence-electron chi connectivity index (χ2n) is 4.95. The molecule has 3 heterocycles. The number of amides is 3. The molecule has 1 aliphatic rings. The van der Waals surface area contributed by atoms with Crippen LogP contribution in [-0.4, -0.2) is 35.0 Å². The van der Waals surface area contributed by atoms with Crippen molar-refractivity contribution in [2.24, 2.45) is 0 Å². The predicted molar refractivity (Wildman–Crippen MR) is 98.0 cm³/mol. The molecule has 0 bridgehead atoms. The molecule has 0 spiro atoms. The molecule has 1 fully saturated rings. The maximum absolute atomic E-state index is 12.3. The molecule has 2 aromatic rings. The molecule has 24 heavy (non-hydrogen) atoms. The van der Waals surface area contributed by atoms with Crippen LogP contribution >= 0.6 is 34.4 Å². The first-order valence-electron chi connectivity index (χ1n) is 7.21. The highest BCUT2D eigenvalue weighted by atomic mass is 32.2. The first kappa shape index (κ1) is 16.9. The van der Waals surface area contributed by atoms with E-state index < -0.39 is 0 Å². The van der Waals surface area contributed by atoms with Gasteiger partial charge in [-0.2, -0.15) is 0 Å². The van der Waals surface area contributed by atoms with E-state index in [1.807, 2.05) is 35.0 Å². The zero-order chi connectivity index (χ0) is 16.9. The average Bonchev–Trinajstić information content (AvgIpc) is 3.27. The Balaban J connectivity index is 1.51. The largest absolute Gasteiger partial charge is 0.354 e. The van der Waals surface area contributed by atoms with E-state index in [0.717, 1.165) is 21.5 Å². The van der Waals surface area contributed by atoms with Crippen LogP contribution in [0, 0.1) is 0 Å². The van der Waals surface area contributed by atoms with E-state index in [1.54, 1.807) is 6.08 Å². The van der Waals surface area contributed by atoms with Gasteiger partial charge in [-0.05, 0) is 40.7 Å². The summed E-state index contributed by atoms with van der Waals surface area (Å²) in [4.78, 5) is 39.6. The van der Waals surface area contributed by atoms with Gasteiger partial charge in [0, 0.05) is 22.8 Å². The van der Waals surface area contributed by atoms with Gasteiger partial charge >= 0.3 is 0 Å². The van der Waals surface area contributed by atoms with Crippen molar-refractivity contribution in [3.8, 4) is 0 Å². The molecule has 3 amide bonds. The highest BCUT2D eigenvalue weighted by Crippen LogP contribution is 2.32. The number of imide groups is 1. The molecule has 124 valence electrons. The van der Waals surface area contributed by atoms with Crippen LogP contribution in [0.15, 0.2) is 39.9 Å². The first-order valence-corrected chi connectivity index (χ1v) is 9.79. The summed E-state index contributed by atoms with van der Waals surface area (Å²) < 4.78 is 0. The second kappa shape index (κ2) is 7.78. The van der Waals surface area contributed by atoms with Crippen molar-refractivity contribution in [2.45, 2.75) is 6.42 Å². The first-order chi connectivity index (χ1) is 11.6. The molecule has 0 atom stereocenters. The van der Waals surface area contributed by atoms with Gasteiger partial charge < -0.3 is 5.32 Å². The van der Waals surface area contributed by atoms with Gasteiger partial charge in [0.25, 0.3) is 11.1 Å². The Kier molecular flexibility index (Phi) is 5.49. The van der Waals surface area contributed by atoms with E-state index in [-0.39, 0.29) is 30.1 Å². The van der Waals surface area contributed by atoms with Gasteiger partial charge in [0.1, 0.15) is 0 Å². The van der Waals surface area contributed by atoms with Crippen molar-refractivity contribution in [1.82, 2.24) is 10.2 Å². The molecule has 1 aliphatic heterocycles. The molecule has 1 saturated heterocycles. The van der Waals surface area contributed by atoms with Crippen molar-refractivity contribution in [2.75, 3.05) is 13.1 Å². The summed E-state index contributed by atoms with van der Waals surface area (Å²) in [5.74, 6) is -0.413. The highest BCUT2D eigenvalue weighted by Gasteiger charge is 2.34.